The molecule has 3 aromatic rings. The van der Waals surface area contributed by atoms with Crippen LogP contribution in [0.4, 0.5) is 0 Å². The predicted octanol–water partition coefficient (Wildman–Crippen LogP) is 5.78. The summed E-state index contributed by atoms with van der Waals surface area (Å²) >= 11 is 5.79. The molecule has 4 heteroatoms. The van der Waals surface area contributed by atoms with Crippen molar-refractivity contribution in [1.82, 2.24) is 4.90 Å². The number of ether oxygens (including phenoxy) is 2. The van der Waals surface area contributed by atoms with Gasteiger partial charge in [0.1, 0.15) is 0 Å². The molecule has 0 aliphatic carbocycles. The lowest BCUT2D eigenvalue weighted by Gasteiger charge is -2.42. The number of piperidine rings is 1. The van der Waals surface area contributed by atoms with Crippen LogP contribution in [-0.4, -0.2) is 28.6 Å². The molecule has 1 aliphatic heterocycles. The zero-order valence-electron chi connectivity index (χ0n) is 17.7. The van der Waals surface area contributed by atoms with Crippen LogP contribution in [0.25, 0.3) is 0 Å². The Balaban J connectivity index is 1.46. The Hall–Kier alpha value is -2.53. The lowest BCUT2D eigenvalue weighted by Crippen LogP contribution is -2.53. The third kappa shape index (κ3) is 6.23. The zero-order chi connectivity index (χ0) is 21.3. The van der Waals surface area contributed by atoms with Crippen LogP contribution in [0.3, 0.4) is 0 Å². The van der Waals surface area contributed by atoms with Crippen LogP contribution in [0.1, 0.15) is 29.5 Å². The minimum atomic E-state index is 0.0754. The first-order chi connectivity index (χ1) is 15.3. The normalized spacial score (nSPS) is 18.8. The second-order valence-electron chi connectivity index (χ2n) is 7.95. The fraction of sp³-hybridized carbons (Fsp3) is 0.296. The molecule has 1 fully saturated rings. The van der Waals surface area contributed by atoms with E-state index in [0.29, 0.717) is 19.8 Å². The Kier molecular flexibility index (Phi) is 7.83. The predicted molar refractivity (Wildman–Crippen MR) is 129 cm³/mol. The average molecular weight is 432 g/mol. The van der Waals surface area contributed by atoms with Crippen LogP contribution in [-0.2, 0) is 29.2 Å². The molecule has 0 radical (unpaired) electrons. The summed E-state index contributed by atoms with van der Waals surface area (Å²) in [7, 11) is 0. The fourth-order valence-electron chi connectivity index (χ4n) is 4.01. The maximum Gasteiger partial charge on any atom is 0.0809 e. The van der Waals surface area contributed by atoms with Crippen molar-refractivity contribution in [3.8, 4) is 0 Å². The van der Waals surface area contributed by atoms with Crippen molar-refractivity contribution >= 4 is 17.2 Å². The van der Waals surface area contributed by atoms with Crippen LogP contribution in [0, 0.1) is 0 Å². The molecule has 1 aliphatic rings. The molecular formula is C27H29NO2S. The number of hydrogen-bond acceptors (Lipinski definition) is 3. The van der Waals surface area contributed by atoms with E-state index in [-0.39, 0.29) is 12.1 Å². The molecule has 0 aromatic heterocycles. The largest absolute Gasteiger partial charge is 0.375 e. The molecule has 0 amide bonds. The molecule has 2 atom stereocenters. The van der Waals surface area contributed by atoms with E-state index in [2.05, 4.69) is 65.6 Å². The quantitative estimate of drug-likeness (QED) is 0.400. The number of hydrogen-bond donors (Lipinski definition) is 0. The van der Waals surface area contributed by atoms with E-state index in [1.54, 1.807) is 0 Å². The highest BCUT2D eigenvalue weighted by atomic mass is 32.1. The summed E-state index contributed by atoms with van der Waals surface area (Å²) in [5, 5.41) is 0. The van der Waals surface area contributed by atoms with E-state index in [9.17, 15) is 0 Å². The van der Waals surface area contributed by atoms with Crippen LogP contribution in [0.15, 0.2) is 91.0 Å². The van der Waals surface area contributed by atoms with Crippen molar-refractivity contribution in [2.75, 3.05) is 6.61 Å². The van der Waals surface area contributed by atoms with Gasteiger partial charge >= 0.3 is 0 Å². The molecule has 3 nitrogen and oxygen atoms in total. The van der Waals surface area contributed by atoms with Crippen LogP contribution in [0.5, 0.6) is 0 Å². The lowest BCUT2D eigenvalue weighted by atomic mass is 9.98. The fourth-order valence-corrected chi connectivity index (χ4v) is 4.33. The highest BCUT2D eigenvalue weighted by Gasteiger charge is 2.34. The number of nitrogens with zero attached hydrogens (tertiary/aromatic N) is 1. The van der Waals surface area contributed by atoms with Crippen molar-refractivity contribution in [1.29, 1.82) is 0 Å². The van der Waals surface area contributed by atoms with Gasteiger partial charge in [-0.05, 0) is 23.1 Å². The summed E-state index contributed by atoms with van der Waals surface area (Å²) in [4.78, 5) is 3.31. The van der Waals surface area contributed by atoms with Crippen molar-refractivity contribution in [3.63, 3.8) is 0 Å². The van der Waals surface area contributed by atoms with Gasteiger partial charge in [0, 0.05) is 13.0 Å². The van der Waals surface area contributed by atoms with Crippen LogP contribution < -0.4 is 0 Å². The Morgan fingerprint density at radius 1 is 0.742 bits per heavy atom. The molecule has 160 valence electrons. The van der Waals surface area contributed by atoms with E-state index in [0.717, 1.165) is 24.4 Å². The van der Waals surface area contributed by atoms with Crippen molar-refractivity contribution in [2.24, 2.45) is 0 Å². The Labute approximate surface area is 190 Å². The van der Waals surface area contributed by atoms with Gasteiger partial charge < -0.3 is 14.4 Å². The van der Waals surface area contributed by atoms with Gasteiger partial charge in [-0.15, -0.1) is 0 Å². The first kappa shape index (κ1) is 21.7. The summed E-state index contributed by atoms with van der Waals surface area (Å²) in [5.41, 5.74) is 3.62. The van der Waals surface area contributed by atoms with Crippen molar-refractivity contribution < 1.29 is 9.47 Å². The summed E-state index contributed by atoms with van der Waals surface area (Å²) in [6.07, 6.45) is 1.87. The van der Waals surface area contributed by atoms with Gasteiger partial charge in [-0.1, -0.05) is 103 Å². The molecule has 31 heavy (non-hydrogen) atoms. The second-order valence-corrected chi connectivity index (χ2v) is 8.42. The minimum Gasteiger partial charge on any atom is -0.375 e. The second kappa shape index (κ2) is 11.2. The number of rotatable bonds is 9. The number of likely N-dealkylation sites (tertiary alicyclic amines) is 1. The number of thiocarbonyl (C=S) groups is 1. The Bertz CT molecular complexity index is 933. The Morgan fingerprint density at radius 2 is 1.29 bits per heavy atom. The molecule has 0 N–H and O–H groups in total. The molecule has 3 aromatic carbocycles. The summed E-state index contributed by atoms with van der Waals surface area (Å²) in [6.45, 7) is 2.56. The first-order valence-corrected chi connectivity index (χ1v) is 11.3. The van der Waals surface area contributed by atoms with Gasteiger partial charge in [0.2, 0.25) is 0 Å². The van der Waals surface area contributed by atoms with Crippen LogP contribution >= 0.6 is 12.2 Å². The highest BCUT2D eigenvalue weighted by molar-refractivity contribution is 7.80. The van der Waals surface area contributed by atoms with Gasteiger partial charge in [0.15, 0.2) is 0 Å². The van der Waals surface area contributed by atoms with Crippen LogP contribution in [0.2, 0.25) is 0 Å². The molecule has 4 rings (SSSR count). The van der Waals surface area contributed by atoms with Gasteiger partial charge in [-0.25, -0.2) is 0 Å². The van der Waals surface area contributed by atoms with Crippen molar-refractivity contribution in [2.45, 2.75) is 44.7 Å². The monoisotopic (exact) mass is 431 g/mol. The molecule has 2 unspecified atom stereocenters. The molecule has 0 saturated carbocycles. The van der Waals surface area contributed by atoms with Gasteiger partial charge in [-0.2, -0.15) is 0 Å². The summed E-state index contributed by atoms with van der Waals surface area (Å²) < 4.78 is 12.6. The standard InChI is InChI=1S/C27H29NO2S/c31-27-17-16-26(30-20-24-14-8-3-9-15-24)25(21-29-19-23-12-6-2-7-13-23)28(27)18-22-10-4-1-5-11-22/h1-15,25-26H,16-21H2. The van der Waals surface area contributed by atoms with E-state index in [1.807, 2.05) is 30.3 Å². The average Bonchev–Trinajstić information content (AvgIpc) is 2.82. The topological polar surface area (TPSA) is 21.7 Å². The van der Waals surface area contributed by atoms with Gasteiger partial charge in [0.25, 0.3) is 0 Å². The molecule has 0 bridgehead atoms. The van der Waals surface area contributed by atoms with E-state index in [4.69, 9.17) is 21.7 Å². The zero-order valence-corrected chi connectivity index (χ0v) is 18.5. The minimum absolute atomic E-state index is 0.0754. The molecule has 1 heterocycles. The SMILES string of the molecule is S=C1CCC(OCc2ccccc2)C(COCc2ccccc2)N1Cc1ccccc1. The first-order valence-electron chi connectivity index (χ1n) is 10.9. The van der Waals surface area contributed by atoms with Crippen molar-refractivity contribution in [3.05, 3.63) is 108 Å². The van der Waals surface area contributed by atoms with E-state index in [1.165, 1.54) is 16.7 Å². The van der Waals surface area contributed by atoms with Gasteiger partial charge in [-0.3, -0.25) is 0 Å². The molecule has 1 saturated heterocycles. The third-order valence-corrected chi connectivity index (χ3v) is 6.13. The van der Waals surface area contributed by atoms with E-state index < -0.39 is 0 Å². The highest BCUT2D eigenvalue weighted by Crippen LogP contribution is 2.26. The Morgan fingerprint density at radius 3 is 1.90 bits per heavy atom. The number of benzene rings is 3. The molecule has 0 spiro atoms. The summed E-state index contributed by atoms with van der Waals surface area (Å²) in [5.74, 6) is 0. The molecular weight excluding hydrogens is 402 g/mol. The maximum absolute atomic E-state index is 6.42. The lowest BCUT2D eigenvalue weighted by molar-refractivity contribution is -0.0534. The summed E-state index contributed by atoms with van der Waals surface area (Å²) in [6, 6.07) is 31.2. The smallest absolute Gasteiger partial charge is 0.0809 e. The van der Waals surface area contributed by atoms with Gasteiger partial charge in [0.05, 0.1) is 37.0 Å². The third-order valence-electron chi connectivity index (χ3n) is 5.70. The maximum atomic E-state index is 6.42. The van der Waals surface area contributed by atoms with E-state index >= 15 is 0 Å².